The van der Waals surface area contributed by atoms with Crippen LogP contribution in [0.15, 0.2) is 48.5 Å². The van der Waals surface area contributed by atoms with Gasteiger partial charge in [-0.3, -0.25) is 9.59 Å². The van der Waals surface area contributed by atoms with Crippen LogP contribution in [0.1, 0.15) is 20.7 Å². The van der Waals surface area contributed by atoms with Crippen LogP contribution < -0.4 is 0 Å². The molecule has 2 nitrogen and oxygen atoms in total. The van der Waals surface area contributed by atoms with E-state index in [4.69, 9.17) is 0 Å². The molecule has 0 fully saturated rings. The number of hydrogen-bond acceptors (Lipinski definition) is 2. The van der Waals surface area contributed by atoms with Crippen LogP contribution in [0.4, 0.5) is 0 Å². The number of aldehydes is 2. The lowest BCUT2D eigenvalue weighted by Gasteiger charge is -2.04. The standard InChI is InChI=1S/C16H10O2/c17-9-11-4-5-12-8-16-13(7-15(12)6-11)2-1-3-14(16)10-18/h1-10H. The van der Waals surface area contributed by atoms with E-state index in [0.717, 1.165) is 34.1 Å². The second-order valence-electron chi connectivity index (χ2n) is 4.26. The first-order valence-corrected chi connectivity index (χ1v) is 5.69. The minimum Gasteiger partial charge on any atom is -0.298 e. The number of carbonyl (C=O) groups excluding carboxylic acids is 2. The predicted octanol–water partition coefficient (Wildman–Crippen LogP) is 3.62. The quantitative estimate of drug-likeness (QED) is 0.501. The van der Waals surface area contributed by atoms with Gasteiger partial charge in [0.25, 0.3) is 0 Å². The van der Waals surface area contributed by atoms with Crippen LogP contribution in [0.3, 0.4) is 0 Å². The Morgan fingerprint density at radius 1 is 0.722 bits per heavy atom. The summed E-state index contributed by atoms with van der Waals surface area (Å²) in [6.07, 6.45) is 1.71. The molecule has 0 heterocycles. The highest BCUT2D eigenvalue weighted by atomic mass is 16.1. The highest BCUT2D eigenvalue weighted by molar-refractivity contribution is 6.05. The molecule has 3 aromatic carbocycles. The lowest BCUT2D eigenvalue weighted by atomic mass is 9.99. The fourth-order valence-electron chi connectivity index (χ4n) is 2.24. The van der Waals surface area contributed by atoms with Crippen molar-refractivity contribution in [2.75, 3.05) is 0 Å². The van der Waals surface area contributed by atoms with Gasteiger partial charge >= 0.3 is 0 Å². The third kappa shape index (κ3) is 1.59. The minimum atomic E-state index is 0.661. The summed E-state index contributed by atoms with van der Waals surface area (Å²) in [5, 5.41) is 3.99. The van der Waals surface area contributed by atoms with Gasteiger partial charge in [-0.15, -0.1) is 0 Å². The average molecular weight is 234 g/mol. The van der Waals surface area contributed by atoms with E-state index in [1.54, 1.807) is 12.1 Å². The van der Waals surface area contributed by atoms with Crippen molar-refractivity contribution in [3.63, 3.8) is 0 Å². The van der Waals surface area contributed by atoms with Crippen LogP contribution in [0, 0.1) is 0 Å². The van der Waals surface area contributed by atoms with Gasteiger partial charge in [0.2, 0.25) is 0 Å². The van der Waals surface area contributed by atoms with Crippen molar-refractivity contribution in [1.29, 1.82) is 0 Å². The lowest BCUT2D eigenvalue weighted by Crippen LogP contribution is -1.85. The molecule has 0 amide bonds. The Hall–Kier alpha value is -2.48. The minimum absolute atomic E-state index is 0.661. The van der Waals surface area contributed by atoms with E-state index < -0.39 is 0 Å². The highest BCUT2D eigenvalue weighted by Crippen LogP contribution is 2.25. The summed E-state index contributed by atoms with van der Waals surface area (Å²) in [6.45, 7) is 0. The molecule has 0 aliphatic rings. The molecule has 0 radical (unpaired) electrons. The number of fused-ring (bicyclic) bond motifs is 2. The van der Waals surface area contributed by atoms with E-state index in [1.165, 1.54) is 0 Å². The van der Waals surface area contributed by atoms with Gasteiger partial charge in [0.15, 0.2) is 6.29 Å². The maximum absolute atomic E-state index is 11.0. The SMILES string of the molecule is O=Cc1ccc2cc3c(C=O)cccc3cc2c1. The summed E-state index contributed by atoms with van der Waals surface area (Å²) in [6, 6.07) is 15.2. The second kappa shape index (κ2) is 4.08. The molecule has 0 aliphatic carbocycles. The van der Waals surface area contributed by atoms with Gasteiger partial charge in [0, 0.05) is 11.1 Å². The summed E-state index contributed by atoms with van der Waals surface area (Å²) < 4.78 is 0. The van der Waals surface area contributed by atoms with Crippen molar-refractivity contribution in [1.82, 2.24) is 0 Å². The van der Waals surface area contributed by atoms with Gasteiger partial charge in [0.1, 0.15) is 6.29 Å². The molecule has 0 N–H and O–H groups in total. The Labute approximate surface area is 104 Å². The Balaban J connectivity index is 2.42. The highest BCUT2D eigenvalue weighted by Gasteiger charge is 2.03. The molecule has 0 unspecified atom stereocenters. The number of rotatable bonds is 2. The van der Waals surface area contributed by atoms with E-state index >= 15 is 0 Å². The van der Waals surface area contributed by atoms with Crippen LogP contribution in [-0.2, 0) is 0 Å². The second-order valence-corrected chi connectivity index (χ2v) is 4.26. The molecule has 18 heavy (non-hydrogen) atoms. The van der Waals surface area contributed by atoms with Crippen molar-refractivity contribution < 1.29 is 9.59 Å². The Kier molecular flexibility index (Phi) is 2.41. The lowest BCUT2D eigenvalue weighted by molar-refractivity contribution is 0.111. The maximum atomic E-state index is 11.0. The van der Waals surface area contributed by atoms with Gasteiger partial charge < -0.3 is 0 Å². The van der Waals surface area contributed by atoms with Gasteiger partial charge in [-0.2, -0.15) is 0 Å². The van der Waals surface area contributed by atoms with Crippen molar-refractivity contribution in [3.05, 3.63) is 59.7 Å². The van der Waals surface area contributed by atoms with Gasteiger partial charge in [-0.25, -0.2) is 0 Å². The molecule has 0 saturated carbocycles. The van der Waals surface area contributed by atoms with E-state index in [9.17, 15) is 9.59 Å². The topological polar surface area (TPSA) is 34.1 Å². The Morgan fingerprint density at radius 2 is 1.61 bits per heavy atom. The van der Waals surface area contributed by atoms with Crippen molar-refractivity contribution >= 4 is 34.1 Å². The zero-order valence-electron chi connectivity index (χ0n) is 9.59. The molecule has 0 bridgehead atoms. The van der Waals surface area contributed by atoms with Crippen LogP contribution >= 0.6 is 0 Å². The zero-order valence-corrected chi connectivity index (χ0v) is 9.59. The first-order valence-electron chi connectivity index (χ1n) is 5.69. The molecule has 0 saturated heterocycles. The first kappa shape index (κ1) is 10.7. The van der Waals surface area contributed by atoms with Crippen molar-refractivity contribution in [3.8, 4) is 0 Å². The van der Waals surface area contributed by atoms with E-state index in [-0.39, 0.29) is 0 Å². The molecule has 0 atom stereocenters. The Morgan fingerprint density at radius 3 is 2.39 bits per heavy atom. The fraction of sp³-hybridized carbons (Fsp3) is 0. The molecule has 2 heteroatoms. The molecule has 3 aromatic rings. The molecule has 0 aromatic heterocycles. The maximum Gasteiger partial charge on any atom is 0.150 e. The third-order valence-electron chi connectivity index (χ3n) is 3.16. The molecule has 0 aliphatic heterocycles. The van der Waals surface area contributed by atoms with Crippen LogP contribution in [0.25, 0.3) is 21.5 Å². The van der Waals surface area contributed by atoms with Gasteiger partial charge in [0.05, 0.1) is 0 Å². The number of carbonyl (C=O) groups is 2. The summed E-state index contributed by atoms with van der Waals surface area (Å²) >= 11 is 0. The number of hydrogen-bond donors (Lipinski definition) is 0. The van der Waals surface area contributed by atoms with Gasteiger partial charge in [-0.05, 0) is 39.7 Å². The van der Waals surface area contributed by atoms with E-state index in [2.05, 4.69) is 0 Å². The van der Waals surface area contributed by atoms with Gasteiger partial charge in [-0.1, -0.05) is 30.3 Å². The van der Waals surface area contributed by atoms with Crippen molar-refractivity contribution in [2.45, 2.75) is 0 Å². The smallest absolute Gasteiger partial charge is 0.150 e. The van der Waals surface area contributed by atoms with E-state index in [0.29, 0.717) is 11.1 Å². The van der Waals surface area contributed by atoms with Crippen LogP contribution in [0.2, 0.25) is 0 Å². The molecule has 86 valence electrons. The summed E-state index contributed by atoms with van der Waals surface area (Å²) in [5.41, 5.74) is 1.35. The average Bonchev–Trinajstić information content (AvgIpc) is 2.43. The monoisotopic (exact) mass is 234 g/mol. The van der Waals surface area contributed by atoms with E-state index in [1.807, 2.05) is 36.4 Å². The van der Waals surface area contributed by atoms with Crippen LogP contribution in [0.5, 0.6) is 0 Å². The third-order valence-corrected chi connectivity index (χ3v) is 3.16. The van der Waals surface area contributed by atoms with Crippen LogP contribution in [-0.4, -0.2) is 12.6 Å². The summed E-state index contributed by atoms with van der Waals surface area (Å²) in [4.78, 5) is 21.8. The fourth-order valence-corrected chi connectivity index (χ4v) is 2.24. The summed E-state index contributed by atoms with van der Waals surface area (Å²) in [7, 11) is 0. The molecule has 3 rings (SSSR count). The number of benzene rings is 3. The molecular weight excluding hydrogens is 224 g/mol. The molecular formula is C16H10O2. The molecule has 0 spiro atoms. The zero-order chi connectivity index (χ0) is 12.5. The van der Waals surface area contributed by atoms with Crippen molar-refractivity contribution in [2.24, 2.45) is 0 Å². The Bertz CT molecular complexity index is 772. The predicted molar refractivity (Wildman–Crippen MR) is 72.2 cm³/mol. The largest absolute Gasteiger partial charge is 0.298 e. The normalized spacial score (nSPS) is 10.7. The summed E-state index contributed by atoms with van der Waals surface area (Å²) in [5.74, 6) is 0. The first-order chi connectivity index (χ1) is 8.81.